The summed E-state index contributed by atoms with van der Waals surface area (Å²) in [6.07, 6.45) is 2.64. The van der Waals surface area contributed by atoms with Crippen molar-refractivity contribution in [3.05, 3.63) is 11.4 Å². The zero-order chi connectivity index (χ0) is 13.5. The number of hydrogen-bond donors (Lipinski definition) is 0. The van der Waals surface area contributed by atoms with Gasteiger partial charge in [-0.1, -0.05) is 10.3 Å². The van der Waals surface area contributed by atoms with Gasteiger partial charge in [0.1, 0.15) is 11.4 Å². The fourth-order valence-corrected chi connectivity index (χ4v) is 2.87. The van der Waals surface area contributed by atoms with Crippen molar-refractivity contribution >= 4 is 5.91 Å². The number of morpholine rings is 1. The monoisotopic (exact) mass is 265 g/mol. The highest BCUT2D eigenvalue weighted by Crippen LogP contribution is 2.44. The summed E-state index contributed by atoms with van der Waals surface area (Å²) < 4.78 is 10.2. The van der Waals surface area contributed by atoms with Gasteiger partial charge in [0.15, 0.2) is 0 Å². The Bertz CT molecular complexity index is 483. The van der Waals surface area contributed by atoms with E-state index in [4.69, 9.17) is 4.74 Å². The minimum Gasteiger partial charge on any atom is -0.377 e. The molecule has 0 N–H and O–H groups in total. The van der Waals surface area contributed by atoms with Crippen molar-refractivity contribution in [1.82, 2.24) is 15.2 Å². The van der Waals surface area contributed by atoms with E-state index < -0.39 is 0 Å². The van der Waals surface area contributed by atoms with Crippen molar-refractivity contribution in [3.8, 4) is 0 Å². The Morgan fingerprint density at radius 1 is 1.47 bits per heavy atom. The van der Waals surface area contributed by atoms with Crippen LogP contribution in [0.2, 0.25) is 0 Å². The summed E-state index contributed by atoms with van der Waals surface area (Å²) in [5.74, 6) is 0.671. The van der Waals surface area contributed by atoms with Crippen LogP contribution in [0.15, 0.2) is 4.63 Å². The molecule has 1 aliphatic heterocycles. The molecule has 2 aliphatic rings. The van der Waals surface area contributed by atoms with E-state index in [-0.39, 0.29) is 17.9 Å². The molecule has 0 radical (unpaired) electrons. The number of aromatic nitrogens is 2. The van der Waals surface area contributed by atoms with Crippen molar-refractivity contribution in [1.29, 1.82) is 0 Å². The molecule has 2 fully saturated rings. The van der Waals surface area contributed by atoms with E-state index in [9.17, 15) is 4.79 Å². The van der Waals surface area contributed by atoms with Gasteiger partial charge in [-0.3, -0.25) is 4.79 Å². The molecule has 1 amide bonds. The van der Waals surface area contributed by atoms with Gasteiger partial charge in [-0.05, 0) is 32.6 Å². The molecule has 1 aliphatic carbocycles. The topological polar surface area (TPSA) is 68.5 Å². The molecule has 104 valence electrons. The first-order chi connectivity index (χ1) is 9.11. The van der Waals surface area contributed by atoms with Gasteiger partial charge in [-0.15, -0.1) is 0 Å². The molecule has 6 nitrogen and oxygen atoms in total. The average molecular weight is 265 g/mol. The number of hydrogen-bond acceptors (Lipinski definition) is 5. The Morgan fingerprint density at radius 3 is 2.89 bits per heavy atom. The van der Waals surface area contributed by atoms with E-state index in [1.807, 2.05) is 4.90 Å². The van der Waals surface area contributed by atoms with Crippen LogP contribution in [-0.4, -0.2) is 46.4 Å². The molecule has 1 aromatic heterocycles. The number of rotatable bonds is 3. The molecule has 1 atom stereocenters. The molecular formula is C13H19N3O3. The summed E-state index contributed by atoms with van der Waals surface area (Å²) in [4.78, 5) is 14.5. The lowest BCUT2D eigenvalue weighted by atomic mass is 9.92. The number of amides is 1. The summed E-state index contributed by atoms with van der Waals surface area (Å²) in [5.41, 5.74) is 1.17. The summed E-state index contributed by atoms with van der Waals surface area (Å²) >= 11 is 0. The van der Waals surface area contributed by atoms with Crippen LogP contribution in [-0.2, 0) is 16.0 Å². The zero-order valence-electron chi connectivity index (χ0n) is 11.4. The van der Waals surface area contributed by atoms with Crippen LogP contribution in [0.1, 0.15) is 31.2 Å². The summed E-state index contributed by atoms with van der Waals surface area (Å²) in [6, 6.07) is 0. The fraction of sp³-hybridized carbons (Fsp3) is 0.769. The van der Waals surface area contributed by atoms with Gasteiger partial charge in [0.25, 0.3) is 0 Å². The molecule has 19 heavy (non-hydrogen) atoms. The van der Waals surface area contributed by atoms with Crippen molar-refractivity contribution in [3.63, 3.8) is 0 Å². The van der Waals surface area contributed by atoms with Crippen LogP contribution in [0.25, 0.3) is 0 Å². The largest absolute Gasteiger partial charge is 0.377 e. The molecule has 6 heteroatoms. The lowest BCUT2D eigenvalue weighted by Gasteiger charge is -2.45. The SMILES string of the molecule is Cc1nonc1CC(=O)N1CCOCC1(C)C1CC1. The van der Waals surface area contributed by atoms with Gasteiger partial charge in [0.05, 0.1) is 25.2 Å². The highest BCUT2D eigenvalue weighted by Gasteiger charge is 2.49. The second kappa shape index (κ2) is 4.59. The van der Waals surface area contributed by atoms with E-state index in [1.165, 1.54) is 12.8 Å². The first kappa shape index (κ1) is 12.6. The second-order valence-electron chi connectivity index (χ2n) is 5.70. The van der Waals surface area contributed by atoms with E-state index >= 15 is 0 Å². The molecule has 1 saturated heterocycles. The predicted molar refractivity (Wildman–Crippen MR) is 66.4 cm³/mol. The molecule has 1 aromatic rings. The Hall–Kier alpha value is -1.43. The Labute approximate surface area is 112 Å². The summed E-state index contributed by atoms with van der Waals surface area (Å²) in [6.45, 7) is 5.86. The van der Waals surface area contributed by atoms with Crippen LogP contribution < -0.4 is 0 Å². The number of ether oxygens (including phenoxy) is 1. The van der Waals surface area contributed by atoms with Crippen LogP contribution in [0.3, 0.4) is 0 Å². The number of nitrogens with zero attached hydrogens (tertiary/aromatic N) is 3. The van der Waals surface area contributed by atoms with Gasteiger partial charge < -0.3 is 9.64 Å². The average Bonchev–Trinajstić information content (AvgIpc) is 3.17. The highest BCUT2D eigenvalue weighted by atomic mass is 16.6. The Morgan fingerprint density at radius 2 is 2.26 bits per heavy atom. The first-order valence-corrected chi connectivity index (χ1v) is 6.77. The number of carbonyl (C=O) groups is 1. The summed E-state index contributed by atoms with van der Waals surface area (Å²) in [7, 11) is 0. The summed E-state index contributed by atoms with van der Waals surface area (Å²) in [5, 5.41) is 7.51. The first-order valence-electron chi connectivity index (χ1n) is 6.77. The number of carbonyl (C=O) groups excluding carboxylic acids is 1. The van der Waals surface area contributed by atoms with Gasteiger partial charge >= 0.3 is 0 Å². The van der Waals surface area contributed by atoms with Crippen LogP contribution in [0, 0.1) is 12.8 Å². The Kier molecular flexibility index (Phi) is 3.05. The van der Waals surface area contributed by atoms with Crippen molar-refractivity contribution < 1.29 is 14.2 Å². The maximum Gasteiger partial charge on any atom is 0.229 e. The van der Waals surface area contributed by atoms with Crippen LogP contribution in [0.4, 0.5) is 0 Å². The van der Waals surface area contributed by atoms with E-state index in [2.05, 4.69) is 21.9 Å². The quantitative estimate of drug-likeness (QED) is 0.814. The van der Waals surface area contributed by atoms with Gasteiger partial charge in [0.2, 0.25) is 5.91 Å². The standard InChI is InChI=1S/C13H19N3O3/c1-9-11(15-19-14-9)7-12(17)16-5-6-18-8-13(16,2)10-3-4-10/h10H,3-8H2,1-2H3. The van der Waals surface area contributed by atoms with Gasteiger partial charge in [-0.25, -0.2) is 4.63 Å². The predicted octanol–water partition coefficient (Wildman–Crippen LogP) is 0.948. The third-order valence-electron chi connectivity index (χ3n) is 4.29. The lowest BCUT2D eigenvalue weighted by molar-refractivity contribution is -0.149. The molecule has 0 aromatic carbocycles. The third-order valence-corrected chi connectivity index (χ3v) is 4.29. The minimum atomic E-state index is -0.152. The minimum absolute atomic E-state index is 0.0940. The third kappa shape index (κ3) is 2.25. The van der Waals surface area contributed by atoms with Crippen molar-refractivity contribution in [2.75, 3.05) is 19.8 Å². The second-order valence-corrected chi connectivity index (χ2v) is 5.70. The molecule has 0 spiro atoms. The normalized spacial score (nSPS) is 27.6. The molecular weight excluding hydrogens is 246 g/mol. The molecule has 2 heterocycles. The Balaban J connectivity index is 1.75. The van der Waals surface area contributed by atoms with Gasteiger partial charge in [0, 0.05) is 6.54 Å². The van der Waals surface area contributed by atoms with Gasteiger partial charge in [-0.2, -0.15) is 0 Å². The van der Waals surface area contributed by atoms with Crippen molar-refractivity contribution in [2.45, 2.75) is 38.6 Å². The molecule has 1 unspecified atom stereocenters. The van der Waals surface area contributed by atoms with Crippen LogP contribution in [0.5, 0.6) is 0 Å². The molecule has 1 saturated carbocycles. The highest BCUT2D eigenvalue weighted by molar-refractivity contribution is 5.79. The molecule has 3 rings (SSSR count). The van der Waals surface area contributed by atoms with E-state index in [0.29, 0.717) is 37.1 Å². The maximum absolute atomic E-state index is 12.5. The maximum atomic E-state index is 12.5. The zero-order valence-corrected chi connectivity index (χ0v) is 11.4. The fourth-order valence-electron chi connectivity index (χ4n) is 2.87. The number of aryl methyl sites for hydroxylation is 1. The molecule has 0 bridgehead atoms. The lowest BCUT2D eigenvalue weighted by Crippen LogP contribution is -2.59. The van der Waals surface area contributed by atoms with E-state index in [1.54, 1.807) is 6.92 Å². The van der Waals surface area contributed by atoms with Crippen molar-refractivity contribution in [2.24, 2.45) is 5.92 Å². The van der Waals surface area contributed by atoms with Crippen LogP contribution >= 0.6 is 0 Å². The smallest absolute Gasteiger partial charge is 0.229 e. The van der Waals surface area contributed by atoms with E-state index in [0.717, 1.165) is 0 Å².